The number of hydrogen-bond donors (Lipinski definition) is 4. The molecule has 1 saturated heterocycles. The number of carbonyl (C=O) groups excluding carboxylic acids is 1. The zero-order valence-electron chi connectivity index (χ0n) is 17.9. The summed E-state index contributed by atoms with van der Waals surface area (Å²) in [4.78, 5) is 18.1. The van der Waals surface area contributed by atoms with Gasteiger partial charge in [-0.15, -0.1) is 0 Å². The molecule has 2 aromatic rings. The molecule has 33 heavy (non-hydrogen) atoms. The lowest BCUT2D eigenvalue weighted by atomic mass is 9.73. The van der Waals surface area contributed by atoms with Gasteiger partial charge in [0.15, 0.2) is 11.6 Å². The molecule has 7 nitrogen and oxygen atoms in total. The maximum absolute atomic E-state index is 13.0. The molecule has 1 amide bonds. The number of aryl methyl sites for hydroxylation is 1. The number of benzene rings is 1. The second-order valence-electron chi connectivity index (χ2n) is 8.82. The van der Waals surface area contributed by atoms with Gasteiger partial charge in [0.25, 0.3) is 0 Å². The van der Waals surface area contributed by atoms with Gasteiger partial charge in [0.2, 0.25) is 5.91 Å². The summed E-state index contributed by atoms with van der Waals surface area (Å²) in [5.41, 5.74) is -1.15. The van der Waals surface area contributed by atoms with E-state index in [0.29, 0.717) is 16.3 Å². The molecule has 0 unspecified atom stereocenters. The minimum Gasteiger partial charge on any atom is -0.380 e. The first-order valence-corrected chi connectivity index (χ1v) is 10.7. The molecule has 176 valence electrons. The average Bonchev–Trinajstić information content (AvgIpc) is 2.68. The lowest BCUT2D eigenvalue weighted by molar-refractivity contribution is -0.296. The van der Waals surface area contributed by atoms with Crippen LogP contribution in [0.15, 0.2) is 36.5 Å². The topological polar surface area (TPSA) is 101 Å². The van der Waals surface area contributed by atoms with E-state index in [1.165, 1.54) is 0 Å². The Morgan fingerprint density at radius 1 is 1.30 bits per heavy atom. The highest BCUT2D eigenvalue weighted by atomic mass is 35.5. The highest BCUT2D eigenvalue weighted by Crippen LogP contribution is 2.48. The number of nitrogens with zero attached hydrogens (tertiary/aromatic N) is 2. The summed E-state index contributed by atoms with van der Waals surface area (Å²) in [5, 5.41) is 24.5. The Balaban J connectivity index is 1.53. The van der Waals surface area contributed by atoms with Gasteiger partial charge in [0.1, 0.15) is 0 Å². The van der Waals surface area contributed by atoms with Gasteiger partial charge in [-0.3, -0.25) is 20.1 Å². The molecular formula is C22H23ClF3N5O2. The summed E-state index contributed by atoms with van der Waals surface area (Å²) in [6.07, 6.45) is -4.55. The Kier molecular flexibility index (Phi) is 5.57. The van der Waals surface area contributed by atoms with E-state index in [2.05, 4.69) is 15.6 Å². The molecule has 0 spiro atoms. The minimum atomic E-state index is -4.78. The van der Waals surface area contributed by atoms with Crippen LogP contribution in [0.3, 0.4) is 0 Å². The quantitative estimate of drug-likeness (QED) is 0.524. The number of rotatable bonds is 4. The largest absolute Gasteiger partial charge is 0.417 e. The Labute approximate surface area is 193 Å². The highest BCUT2D eigenvalue weighted by molar-refractivity contribution is 6.34. The molecular weight excluding hydrogens is 459 g/mol. The van der Waals surface area contributed by atoms with Crippen molar-refractivity contribution >= 4 is 34.8 Å². The van der Waals surface area contributed by atoms with Gasteiger partial charge < -0.3 is 15.7 Å². The SMILES string of the molecule is Cc1ccc(Nc2cccc([C@]3(C)CC(=O)N(C4CC(O)(C(F)(F)F)C4)C(=N)N3)c2Cl)cn1. The molecule has 1 aromatic carbocycles. The number of aromatic nitrogens is 1. The van der Waals surface area contributed by atoms with Crippen molar-refractivity contribution in [2.75, 3.05) is 5.32 Å². The molecule has 1 aromatic heterocycles. The Bertz CT molecular complexity index is 1080. The number of hydrogen-bond acceptors (Lipinski definition) is 5. The molecule has 1 atom stereocenters. The fourth-order valence-corrected chi connectivity index (χ4v) is 4.69. The molecule has 1 aliphatic heterocycles. The Morgan fingerprint density at radius 2 is 2.00 bits per heavy atom. The van der Waals surface area contributed by atoms with Gasteiger partial charge in [-0.2, -0.15) is 13.2 Å². The summed E-state index contributed by atoms with van der Waals surface area (Å²) >= 11 is 6.66. The highest BCUT2D eigenvalue weighted by Gasteiger charge is 2.63. The number of amides is 1. The third-order valence-corrected chi connectivity index (χ3v) is 6.64. The summed E-state index contributed by atoms with van der Waals surface area (Å²) in [5.74, 6) is -0.826. The number of anilines is 2. The van der Waals surface area contributed by atoms with Gasteiger partial charge >= 0.3 is 6.18 Å². The van der Waals surface area contributed by atoms with Crippen molar-refractivity contribution in [1.82, 2.24) is 15.2 Å². The van der Waals surface area contributed by atoms with Gasteiger partial charge in [-0.1, -0.05) is 23.7 Å². The van der Waals surface area contributed by atoms with Crippen LogP contribution in [-0.2, 0) is 10.3 Å². The number of guanidine groups is 1. The first-order chi connectivity index (χ1) is 15.3. The zero-order valence-corrected chi connectivity index (χ0v) is 18.7. The Morgan fingerprint density at radius 3 is 2.58 bits per heavy atom. The molecule has 2 heterocycles. The number of halogens is 4. The van der Waals surface area contributed by atoms with Crippen LogP contribution in [0.2, 0.25) is 5.02 Å². The van der Waals surface area contributed by atoms with E-state index in [0.717, 1.165) is 16.3 Å². The van der Waals surface area contributed by atoms with Gasteiger partial charge in [-0.05, 0) is 37.6 Å². The third kappa shape index (κ3) is 4.13. The summed E-state index contributed by atoms with van der Waals surface area (Å²) in [6, 6.07) is 8.06. The molecule has 4 rings (SSSR count). The smallest absolute Gasteiger partial charge is 0.380 e. The van der Waals surface area contributed by atoms with Crippen LogP contribution in [0.4, 0.5) is 24.5 Å². The Hall–Kier alpha value is -2.85. The van der Waals surface area contributed by atoms with Crippen LogP contribution in [0.1, 0.15) is 37.4 Å². The molecule has 0 bridgehead atoms. The fourth-order valence-electron chi connectivity index (χ4n) is 4.31. The molecule has 0 radical (unpaired) electrons. The lowest BCUT2D eigenvalue weighted by Gasteiger charge is -2.51. The van der Waals surface area contributed by atoms with Crippen LogP contribution in [0.25, 0.3) is 0 Å². The van der Waals surface area contributed by atoms with Crippen molar-refractivity contribution in [2.45, 2.75) is 56.5 Å². The lowest BCUT2D eigenvalue weighted by Crippen LogP contribution is -2.69. The van der Waals surface area contributed by atoms with Crippen molar-refractivity contribution in [3.8, 4) is 0 Å². The maximum atomic E-state index is 13.0. The molecule has 1 saturated carbocycles. The monoisotopic (exact) mass is 481 g/mol. The standard InChI is InChI=1S/C22H23ClF3N5O2/c1-12-6-7-13(11-28-12)29-16-5-3-4-15(18(16)23)20(2)10-17(32)31(19(27)30-20)14-8-21(33,9-14)22(24,25)26/h3-7,11,14,29,33H,8-10H2,1-2H3,(H2,27,30)/t14?,20-,21?/m0/s1. The number of alkyl halides is 3. The first kappa shape index (κ1) is 23.3. The van der Waals surface area contributed by atoms with E-state index in [4.69, 9.17) is 17.0 Å². The number of pyridine rings is 1. The average molecular weight is 482 g/mol. The predicted octanol–water partition coefficient (Wildman–Crippen LogP) is 4.21. The maximum Gasteiger partial charge on any atom is 0.417 e. The van der Waals surface area contributed by atoms with Gasteiger partial charge in [0, 0.05) is 24.6 Å². The van der Waals surface area contributed by atoms with Crippen molar-refractivity contribution < 1.29 is 23.1 Å². The van der Waals surface area contributed by atoms with E-state index >= 15 is 0 Å². The van der Waals surface area contributed by atoms with E-state index in [1.54, 1.807) is 31.3 Å². The van der Waals surface area contributed by atoms with Crippen LogP contribution in [-0.4, -0.2) is 44.7 Å². The summed E-state index contributed by atoms with van der Waals surface area (Å²) in [7, 11) is 0. The van der Waals surface area contributed by atoms with Gasteiger partial charge in [-0.25, -0.2) is 0 Å². The van der Waals surface area contributed by atoms with Crippen molar-refractivity contribution in [2.24, 2.45) is 0 Å². The van der Waals surface area contributed by atoms with Gasteiger partial charge in [0.05, 0.1) is 34.6 Å². The van der Waals surface area contributed by atoms with Crippen LogP contribution in [0.5, 0.6) is 0 Å². The number of aliphatic hydroxyl groups is 1. The molecule has 2 aliphatic rings. The molecule has 11 heteroatoms. The van der Waals surface area contributed by atoms with Crippen LogP contribution in [0, 0.1) is 12.3 Å². The molecule has 1 aliphatic carbocycles. The van der Waals surface area contributed by atoms with Crippen molar-refractivity contribution in [3.63, 3.8) is 0 Å². The van der Waals surface area contributed by atoms with E-state index < -0.39 is 42.1 Å². The summed E-state index contributed by atoms with van der Waals surface area (Å²) < 4.78 is 38.9. The fraction of sp³-hybridized carbons (Fsp3) is 0.409. The van der Waals surface area contributed by atoms with Crippen molar-refractivity contribution in [1.29, 1.82) is 5.41 Å². The zero-order chi connectivity index (χ0) is 24.2. The number of nitrogens with one attached hydrogen (secondary N) is 3. The second kappa shape index (κ2) is 7.88. The minimum absolute atomic E-state index is 0.119. The van der Waals surface area contributed by atoms with Crippen molar-refractivity contribution in [3.05, 3.63) is 52.8 Å². The molecule has 4 N–H and O–H groups in total. The first-order valence-electron chi connectivity index (χ1n) is 10.3. The van der Waals surface area contributed by atoms with E-state index in [1.807, 2.05) is 19.1 Å². The second-order valence-corrected chi connectivity index (χ2v) is 9.20. The normalized spacial score (nSPS) is 27.7. The number of carbonyl (C=O) groups is 1. The summed E-state index contributed by atoms with van der Waals surface area (Å²) in [6.45, 7) is 3.58. The predicted molar refractivity (Wildman–Crippen MR) is 117 cm³/mol. The van der Waals surface area contributed by atoms with Crippen LogP contribution >= 0.6 is 11.6 Å². The van der Waals surface area contributed by atoms with E-state index in [9.17, 15) is 23.1 Å². The third-order valence-electron chi connectivity index (χ3n) is 6.23. The van der Waals surface area contributed by atoms with E-state index in [-0.39, 0.29) is 12.4 Å². The van der Waals surface area contributed by atoms with Crippen LogP contribution < -0.4 is 10.6 Å². The molecule has 2 fully saturated rings.